The van der Waals surface area contributed by atoms with Gasteiger partial charge in [0.1, 0.15) is 6.10 Å². The predicted octanol–water partition coefficient (Wildman–Crippen LogP) is 2.71. The molecule has 0 spiro atoms. The molecule has 2 aliphatic heterocycles. The molecule has 0 unspecified atom stereocenters. The van der Waals surface area contributed by atoms with Gasteiger partial charge in [-0.25, -0.2) is 0 Å². The topological polar surface area (TPSA) is 60.6 Å². The Balaban J connectivity index is 1.52. The van der Waals surface area contributed by atoms with Crippen LogP contribution in [0.25, 0.3) is 0 Å². The van der Waals surface area contributed by atoms with Crippen molar-refractivity contribution in [2.75, 3.05) is 32.8 Å². The Morgan fingerprint density at radius 1 is 1.08 bits per heavy atom. The van der Waals surface area contributed by atoms with Crippen molar-refractivity contribution in [3.05, 3.63) is 47.7 Å². The predicted molar refractivity (Wildman–Crippen MR) is 87.6 cm³/mol. The van der Waals surface area contributed by atoms with E-state index in [0.29, 0.717) is 25.0 Å². The van der Waals surface area contributed by atoms with Crippen LogP contribution in [0.3, 0.4) is 0 Å². The SMILES string of the molecule is CCN1CCO[C@@H](c2nnc([C@H]3CCO[C@@H]3c3ccccc3)o2)C1. The molecule has 2 aliphatic rings. The fourth-order valence-corrected chi connectivity index (χ4v) is 3.48. The summed E-state index contributed by atoms with van der Waals surface area (Å²) in [5.74, 6) is 1.36. The number of hydrogen-bond donors (Lipinski definition) is 0. The number of ether oxygens (including phenoxy) is 2. The lowest BCUT2D eigenvalue weighted by molar-refractivity contribution is -0.0417. The fourth-order valence-electron chi connectivity index (χ4n) is 3.48. The average Bonchev–Trinajstić information content (AvgIpc) is 3.31. The summed E-state index contributed by atoms with van der Waals surface area (Å²) in [4.78, 5) is 2.34. The van der Waals surface area contributed by atoms with Gasteiger partial charge in [0.2, 0.25) is 11.8 Å². The van der Waals surface area contributed by atoms with Gasteiger partial charge in [-0.05, 0) is 18.5 Å². The van der Waals surface area contributed by atoms with Crippen LogP contribution in [0.4, 0.5) is 0 Å². The molecule has 3 atom stereocenters. The van der Waals surface area contributed by atoms with Gasteiger partial charge in [-0.3, -0.25) is 4.90 Å². The van der Waals surface area contributed by atoms with E-state index in [0.717, 1.165) is 31.6 Å². The third kappa shape index (κ3) is 3.09. The lowest BCUT2D eigenvalue weighted by atomic mass is 9.95. The van der Waals surface area contributed by atoms with E-state index in [9.17, 15) is 0 Å². The molecule has 0 N–H and O–H groups in total. The first-order valence-corrected chi connectivity index (χ1v) is 8.69. The van der Waals surface area contributed by atoms with Gasteiger partial charge >= 0.3 is 0 Å². The molecule has 6 nitrogen and oxygen atoms in total. The molecule has 0 radical (unpaired) electrons. The van der Waals surface area contributed by atoms with E-state index in [2.05, 4.69) is 34.2 Å². The van der Waals surface area contributed by atoms with Crippen molar-refractivity contribution < 1.29 is 13.9 Å². The van der Waals surface area contributed by atoms with Gasteiger partial charge in [0.25, 0.3) is 0 Å². The Bertz CT molecular complexity index is 661. The third-order valence-corrected chi connectivity index (χ3v) is 4.87. The van der Waals surface area contributed by atoms with Crippen LogP contribution < -0.4 is 0 Å². The molecular weight excluding hydrogens is 306 g/mol. The largest absolute Gasteiger partial charge is 0.422 e. The van der Waals surface area contributed by atoms with Crippen LogP contribution in [-0.2, 0) is 9.47 Å². The van der Waals surface area contributed by atoms with Crippen molar-refractivity contribution in [2.24, 2.45) is 0 Å². The minimum Gasteiger partial charge on any atom is -0.422 e. The number of hydrogen-bond acceptors (Lipinski definition) is 6. The molecule has 4 rings (SSSR count). The van der Waals surface area contributed by atoms with Gasteiger partial charge in [0.05, 0.1) is 18.6 Å². The van der Waals surface area contributed by atoms with Crippen molar-refractivity contribution in [3.63, 3.8) is 0 Å². The Morgan fingerprint density at radius 2 is 1.92 bits per heavy atom. The number of nitrogens with zero attached hydrogens (tertiary/aromatic N) is 3. The Morgan fingerprint density at radius 3 is 2.75 bits per heavy atom. The summed E-state index contributed by atoms with van der Waals surface area (Å²) in [5, 5.41) is 8.56. The fraction of sp³-hybridized carbons (Fsp3) is 0.556. The molecule has 2 aromatic rings. The Labute approximate surface area is 141 Å². The molecule has 2 saturated heterocycles. The first-order valence-electron chi connectivity index (χ1n) is 8.69. The maximum Gasteiger partial charge on any atom is 0.246 e. The number of morpholine rings is 1. The number of likely N-dealkylation sites (N-methyl/N-ethyl adjacent to an activating group) is 1. The van der Waals surface area contributed by atoms with Crippen molar-refractivity contribution in [1.29, 1.82) is 0 Å². The lowest BCUT2D eigenvalue weighted by Crippen LogP contribution is -2.38. The smallest absolute Gasteiger partial charge is 0.246 e. The van der Waals surface area contributed by atoms with E-state index >= 15 is 0 Å². The third-order valence-electron chi connectivity index (χ3n) is 4.87. The van der Waals surface area contributed by atoms with Crippen LogP contribution in [0.2, 0.25) is 0 Å². The van der Waals surface area contributed by atoms with E-state index in [1.807, 2.05) is 18.2 Å². The Hall–Kier alpha value is -1.76. The molecule has 24 heavy (non-hydrogen) atoms. The number of rotatable bonds is 4. The Kier molecular flexibility index (Phi) is 4.60. The molecule has 0 aliphatic carbocycles. The second-order valence-electron chi connectivity index (χ2n) is 6.33. The zero-order valence-electron chi connectivity index (χ0n) is 13.9. The quantitative estimate of drug-likeness (QED) is 0.859. The van der Waals surface area contributed by atoms with Crippen LogP contribution in [0.1, 0.15) is 48.8 Å². The molecule has 0 amide bonds. The van der Waals surface area contributed by atoms with Crippen LogP contribution in [0.5, 0.6) is 0 Å². The minimum atomic E-state index is -0.127. The molecular formula is C18H23N3O3. The summed E-state index contributed by atoms with van der Waals surface area (Å²) in [6.07, 6.45) is 0.754. The van der Waals surface area contributed by atoms with Crippen LogP contribution in [-0.4, -0.2) is 47.9 Å². The van der Waals surface area contributed by atoms with E-state index < -0.39 is 0 Å². The molecule has 2 fully saturated rings. The van der Waals surface area contributed by atoms with Crippen LogP contribution in [0, 0.1) is 0 Å². The van der Waals surface area contributed by atoms with E-state index in [-0.39, 0.29) is 18.1 Å². The van der Waals surface area contributed by atoms with Crippen molar-refractivity contribution >= 4 is 0 Å². The monoisotopic (exact) mass is 329 g/mol. The molecule has 3 heterocycles. The highest BCUT2D eigenvalue weighted by molar-refractivity contribution is 5.22. The highest BCUT2D eigenvalue weighted by atomic mass is 16.5. The summed E-state index contributed by atoms with van der Waals surface area (Å²) in [7, 11) is 0. The summed E-state index contributed by atoms with van der Waals surface area (Å²) in [6.45, 7) is 6.35. The van der Waals surface area contributed by atoms with Crippen molar-refractivity contribution in [3.8, 4) is 0 Å². The molecule has 1 aromatic heterocycles. The van der Waals surface area contributed by atoms with Crippen LogP contribution in [0.15, 0.2) is 34.7 Å². The number of aromatic nitrogens is 2. The second kappa shape index (κ2) is 7.01. The van der Waals surface area contributed by atoms with E-state index in [4.69, 9.17) is 13.9 Å². The van der Waals surface area contributed by atoms with Crippen molar-refractivity contribution in [2.45, 2.75) is 31.5 Å². The highest BCUT2D eigenvalue weighted by Crippen LogP contribution is 2.41. The summed E-state index contributed by atoms with van der Waals surface area (Å²) in [6, 6.07) is 10.2. The molecule has 0 saturated carbocycles. The van der Waals surface area contributed by atoms with E-state index in [1.165, 1.54) is 0 Å². The standard InChI is InChI=1S/C18H23N3O3/c1-2-21-9-11-22-15(12-21)18-20-19-17(24-18)14-8-10-23-16(14)13-6-4-3-5-7-13/h3-7,14-16H,2,8-12H2,1H3/t14-,15+,16+/m0/s1. The molecule has 0 bridgehead atoms. The molecule has 6 heteroatoms. The van der Waals surface area contributed by atoms with Crippen molar-refractivity contribution in [1.82, 2.24) is 15.1 Å². The first kappa shape index (κ1) is 15.7. The number of benzene rings is 1. The van der Waals surface area contributed by atoms with Gasteiger partial charge in [0.15, 0.2) is 0 Å². The maximum atomic E-state index is 6.00. The summed E-state index contributed by atoms with van der Waals surface area (Å²) < 4.78 is 17.7. The summed E-state index contributed by atoms with van der Waals surface area (Å²) >= 11 is 0. The normalized spacial score (nSPS) is 28.3. The van der Waals surface area contributed by atoms with Crippen LogP contribution >= 0.6 is 0 Å². The maximum absolute atomic E-state index is 6.00. The molecule has 1 aromatic carbocycles. The first-order chi connectivity index (χ1) is 11.8. The zero-order valence-corrected chi connectivity index (χ0v) is 13.9. The zero-order chi connectivity index (χ0) is 16.4. The van der Waals surface area contributed by atoms with Gasteiger partial charge in [-0.2, -0.15) is 0 Å². The van der Waals surface area contributed by atoms with Gasteiger partial charge in [-0.15, -0.1) is 10.2 Å². The van der Waals surface area contributed by atoms with Gasteiger partial charge in [0, 0.05) is 19.7 Å². The van der Waals surface area contributed by atoms with Gasteiger partial charge in [-0.1, -0.05) is 37.3 Å². The molecule has 128 valence electrons. The van der Waals surface area contributed by atoms with Gasteiger partial charge < -0.3 is 13.9 Å². The average molecular weight is 329 g/mol. The summed E-state index contributed by atoms with van der Waals surface area (Å²) in [5.41, 5.74) is 1.16. The minimum absolute atomic E-state index is 0.0149. The lowest BCUT2D eigenvalue weighted by Gasteiger charge is -2.30. The van der Waals surface area contributed by atoms with E-state index in [1.54, 1.807) is 0 Å². The second-order valence-corrected chi connectivity index (χ2v) is 6.33. The highest BCUT2D eigenvalue weighted by Gasteiger charge is 2.36.